The van der Waals surface area contributed by atoms with Crippen LogP contribution in [0.4, 0.5) is 5.82 Å². The molecular formula is C11H12N6OS. The van der Waals surface area contributed by atoms with Crippen LogP contribution in [-0.4, -0.2) is 24.6 Å². The van der Waals surface area contributed by atoms with Gasteiger partial charge < -0.3 is 5.32 Å². The predicted octanol–water partition coefficient (Wildman–Crippen LogP) is 1.10. The summed E-state index contributed by atoms with van der Waals surface area (Å²) in [5, 5.41) is 10.5. The van der Waals surface area contributed by atoms with Crippen molar-refractivity contribution >= 4 is 22.8 Å². The molecule has 7 nitrogen and oxygen atoms in total. The Hall–Kier alpha value is -2.22. The molecule has 0 amide bonds. The number of anilines is 1. The lowest BCUT2D eigenvalue weighted by Crippen LogP contribution is -2.14. The quantitative estimate of drug-likeness (QED) is 0.748. The van der Waals surface area contributed by atoms with Gasteiger partial charge in [0.05, 0.1) is 6.54 Å². The van der Waals surface area contributed by atoms with Gasteiger partial charge in [-0.1, -0.05) is 0 Å². The van der Waals surface area contributed by atoms with Crippen molar-refractivity contribution in [2.24, 2.45) is 0 Å². The number of H-pyrrole nitrogens is 1. The number of fused-ring (bicyclic) bond motifs is 1. The molecule has 0 saturated heterocycles. The van der Waals surface area contributed by atoms with E-state index in [9.17, 15) is 4.79 Å². The molecular weight excluding hydrogens is 264 g/mol. The maximum absolute atomic E-state index is 11.5. The summed E-state index contributed by atoms with van der Waals surface area (Å²) in [5.74, 6) is 1.27. The molecule has 0 bridgehead atoms. The molecule has 0 radical (unpaired) electrons. The Morgan fingerprint density at radius 1 is 1.47 bits per heavy atom. The maximum Gasteiger partial charge on any atom is 0.349 e. The lowest BCUT2D eigenvalue weighted by atomic mass is 10.5. The standard InChI is InChI=1S/C11H12N6OS/c1-6-4-13-10(19-6)5-12-8-3-9-15-16-11(18)17(9)7(2)14-8/h3-4,12H,5H2,1-2H3,(H,16,18). The molecule has 0 aliphatic carbocycles. The molecule has 0 spiro atoms. The third-order valence-electron chi connectivity index (χ3n) is 2.66. The van der Waals surface area contributed by atoms with Crippen molar-refractivity contribution in [2.75, 3.05) is 5.32 Å². The summed E-state index contributed by atoms with van der Waals surface area (Å²) in [6, 6.07) is 1.73. The van der Waals surface area contributed by atoms with Gasteiger partial charge in [0, 0.05) is 17.1 Å². The summed E-state index contributed by atoms with van der Waals surface area (Å²) in [6.45, 7) is 4.39. The highest BCUT2D eigenvalue weighted by molar-refractivity contribution is 7.11. The van der Waals surface area contributed by atoms with E-state index in [1.54, 1.807) is 24.3 Å². The summed E-state index contributed by atoms with van der Waals surface area (Å²) in [5.41, 5.74) is 0.275. The molecule has 3 rings (SSSR count). The normalized spacial score (nSPS) is 11.1. The molecule has 98 valence electrons. The average Bonchev–Trinajstić information content (AvgIpc) is 2.94. The first kappa shape index (κ1) is 11.8. The molecule has 3 heterocycles. The van der Waals surface area contributed by atoms with E-state index in [0.29, 0.717) is 23.8 Å². The van der Waals surface area contributed by atoms with E-state index in [1.807, 2.05) is 13.1 Å². The average molecular weight is 276 g/mol. The van der Waals surface area contributed by atoms with Crippen LogP contribution >= 0.6 is 11.3 Å². The van der Waals surface area contributed by atoms with Crippen LogP contribution in [0.25, 0.3) is 5.65 Å². The summed E-state index contributed by atoms with van der Waals surface area (Å²) >= 11 is 1.64. The zero-order chi connectivity index (χ0) is 13.4. The Morgan fingerprint density at radius 2 is 2.32 bits per heavy atom. The van der Waals surface area contributed by atoms with E-state index in [2.05, 4.69) is 25.5 Å². The second kappa shape index (κ2) is 4.47. The Labute approximate surface area is 112 Å². The fourth-order valence-corrected chi connectivity index (χ4v) is 2.56. The number of rotatable bonds is 3. The highest BCUT2D eigenvalue weighted by Gasteiger charge is 2.07. The molecule has 0 unspecified atom stereocenters. The van der Waals surface area contributed by atoms with Gasteiger partial charge in [0.15, 0.2) is 5.65 Å². The monoisotopic (exact) mass is 276 g/mol. The molecule has 0 atom stereocenters. The van der Waals surface area contributed by atoms with Gasteiger partial charge in [-0.3, -0.25) is 0 Å². The van der Waals surface area contributed by atoms with Crippen LogP contribution in [0.1, 0.15) is 15.7 Å². The van der Waals surface area contributed by atoms with E-state index < -0.39 is 0 Å². The van der Waals surface area contributed by atoms with E-state index in [0.717, 1.165) is 5.01 Å². The van der Waals surface area contributed by atoms with E-state index in [1.165, 1.54) is 9.28 Å². The molecule has 2 N–H and O–H groups in total. The minimum absolute atomic E-state index is 0.276. The first-order chi connectivity index (χ1) is 9.13. The van der Waals surface area contributed by atoms with Gasteiger partial charge in [0.1, 0.15) is 16.6 Å². The Balaban J connectivity index is 1.87. The van der Waals surface area contributed by atoms with Gasteiger partial charge in [0.2, 0.25) is 0 Å². The first-order valence-corrected chi connectivity index (χ1v) is 6.55. The van der Waals surface area contributed by atoms with Crippen LogP contribution < -0.4 is 11.0 Å². The van der Waals surface area contributed by atoms with Gasteiger partial charge in [-0.05, 0) is 13.8 Å². The number of hydrogen-bond acceptors (Lipinski definition) is 6. The molecule has 0 aliphatic rings. The number of aryl methyl sites for hydroxylation is 2. The summed E-state index contributed by atoms with van der Waals surface area (Å²) in [4.78, 5) is 21.2. The van der Waals surface area contributed by atoms with Crippen molar-refractivity contribution in [2.45, 2.75) is 20.4 Å². The van der Waals surface area contributed by atoms with Gasteiger partial charge in [-0.15, -0.1) is 11.3 Å². The molecule has 0 saturated carbocycles. The Bertz CT molecular complexity index is 786. The van der Waals surface area contributed by atoms with Crippen LogP contribution in [0, 0.1) is 13.8 Å². The highest BCUT2D eigenvalue weighted by atomic mass is 32.1. The summed E-state index contributed by atoms with van der Waals surface area (Å²) in [7, 11) is 0. The van der Waals surface area contributed by atoms with Gasteiger partial charge >= 0.3 is 5.69 Å². The second-order valence-corrected chi connectivity index (χ2v) is 5.45. The van der Waals surface area contributed by atoms with E-state index in [-0.39, 0.29) is 5.69 Å². The molecule has 3 aromatic rings. The van der Waals surface area contributed by atoms with Crippen LogP contribution in [0.2, 0.25) is 0 Å². The van der Waals surface area contributed by atoms with Crippen molar-refractivity contribution in [1.82, 2.24) is 24.6 Å². The van der Waals surface area contributed by atoms with Crippen LogP contribution in [0.5, 0.6) is 0 Å². The van der Waals surface area contributed by atoms with Crippen LogP contribution in [0.3, 0.4) is 0 Å². The number of nitrogens with zero attached hydrogens (tertiary/aromatic N) is 4. The van der Waals surface area contributed by atoms with Crippen molar-refractivity contribution < 1.29 is 0 Å². The number of aromatic nitrogens is 5. The summed E-state index contributed by atoms with van der Waals surface area (Å²) < 4.78 is 1.43. The minimum Gasteiger partial charge on any atom is -0.363 e. The number of hydrogen-bond donors (Lipinski definition) is 2. The van der Waals surface area contributed by atoms with Crippen molar-refractivity contribution in [3.8, 4) is 0 Å². The molecule has 0 fully saturated rings. The lowest BCUT2D eigenvalue weighted by Gasteiger charge is -2.05. The number of nitrogens with one attached hydrogen (secondary N) is 2. The number of thiazole rings is 1. The van der Waals surface area contributed by atoms with Crippen molar-refractivity contribution in [3.05, 3.63) is 38.5 Å². The fourth-order valence-electron chi connectivity index (χ4n) is 1.84. The van der Waals surface area contributed by atoms with Crippen molar-refractivity contribution in [3.63, 3.8) is 0 Å². The fraction of sp³-hybridized carbons (Fsp3) is 0.273. The van der Waals surface area contributed by atoms with Gasteiger partial charge in [-0.25, -0.2) is 24.3 Å². The Kier molecular flexibility index (Phi) is 2.79. The van der Waals surface area contributed by atoms with E-state index in [4.69, 9.17) is 0 Å². The molecule has 0 aromatic carbocycles. The van der Waals surface area contributed by atoms with Crippen LogP contribution in [-0.2, 0) is 6.54 Å². The predicted molar refractivity (Wildman–Crippen MR) is 72.5 cm³/mol. The van der Waals surface area contributed by atoms with Gasteiger partial charge in [0.25, 0.3) is 0 Å². The zero-order valence-electron chi connectivity index (χ0n) is 10.5. The number of aromatic amines is 1. The molecule has 19 heavy (non-hydrogen) atoms. The maximum atomic E-state index is 11.5. The molecule has 8 heteroatoms. The van der Waals surface area contributed by atoms with Gasteiger partial charge in [-0.2, -0.15) is 5.10 Å². The summed E-state index contributed by atoms with van der Waals surface area (Å²) in [6.07, 6.45) is 1.84. The third-order valence-corrected chi connectivity index (χ3v) is 3.57. The molecule has 0 aliphatic heterocycles. The zero-order valence-corrected chi connectivity index (χ0v) is 11.3. The minimum atomic E-state index is -0.276. The van der Waals surface area contributed by atoms with Crippen LogP contribution in [0.15, 0.2) is 17.1 Å². The Morgan fingerprint density at radius 3 is 3.05 bits per heavy atom. The lowest BCUT2D eigenvalue weighted by molar-refractivity contribution is 0.930. The largest absolute Gasteiger partial charge is 0.363 e. The van der Waals surface area contributed by atoms with E-state index >= 15 is 0 Å². The highest BCUT2D eigenvalue weighted by Crippen LogP contribution is 2.14. The topological polar surface area (TPSA) is 88.0 Å². The van der Waals surface area contributed by atoms with Crippen molar-refractivity contribution in [1.29, 1.82) is 0 Å². The molecule has 3 aromatic heterocycles. The first-order valence-electron chi connectivity index (χ1n) is 5.73. The third kappa shape index (κ3) is 2.22. The smallest absolute Gasteiger partial charge is 0.349 e. The second-order valence-electron chi connectivity index (χ2n) is 4.13. The SMILES string of the molecule is Cc1cnc(CNc2cc3n[nH]c(=O)n3c(C)n2)s1.